The summed E-state index contributed by atoms with van der Waals surface area (Å²) in [6.07, 6.45) is 2.10. The van der Waals surface area contributed by atoms with Crippen LogP contribution in [0.1, 0.15) is 51.4 Å². The van der Waals surface area contributed by atoms with Crippen LogP contribution in [0.5, 0.6) is 0 Å². The second-order valence-corrected chi connectivity index (χ2v) is 7.23. The first-order valence-corrected chi connectivity index (χ1v) is 9.26. The number of carbonyl (C=O) groups excluding carboxylic acids is 1. The predicted octanol–water partition coefficient (Wildman–Crippen LogP) is 5.21. The summed E-state index contributed by atoms with van der Waals surface area (Å²) in [6.45, 7) is 1.73. The Labute approximate surface area is 177 Å². The van der Waals surface area contributed by atoms with E-state index in [-0.39, 0.29) is 42.2 Å². The number of nitrogens with zero attached hydrogens (tertiary/aromatic N) is 3. The van der Waals surface area contributed by atoms with Gasteiger partial charge in [0, 0.05) is 30.2 Å². The van der Waals surface area contributed by atoms with E-state index in [4.69, 9.17) is 0 Å². The Hall–Kier alpha value is -2.87. The molecule has 0 saturated heterocycles. The number of hydrogen-bond acceptors (Lipinski definition) is 3. The Morgan fingerprint density at radius 3 is 2.67 bits per heavy atom. The molecule has 9 heteroatoms. The lowest BCUT2D eigenvalue weighted by Crippen LogP contribution is -2.15. The Kier molecular flexibility index (Phi) is 6.17. The Morgan fingerprint density at radius 2 is 2.00 bits per heavy atom. The molecule has 30 heavy (non-hydrogen) atoms. The molecule has 0 bridgehead atoms. The number of hydrogen-bond donors (Lipinski definition) is 1. The summed E-state index contributed by atoms with van der Waals surface area (Å²) in [5, 5.41) is 6.86. The van der Waals surface area contributed by atoms with Crippen molar-refractivity contribution in [3.05, 3.63) is 76.7 Å². The topological polar surface area (TPSA) is 59.8 Å². The average Bonchev–Trinajstić information content (AvgIpc) is 3.43. The van der Waals surface area contributed by atoms with Crippen LogP contribution in [-0.4, -0.2) is 20.7 Å². The van der Waals surface area contributed by atoms with E-state index < -0.39 is 11.7 Å². The third-order valence-electron chi connectivity index (χ3n) is 4.97. The second-order valence-electron chi connectivity index (χ2n) is 7.23. The number of amides is 1. The van der Waals surface area contributed by atoms with Crippen molar-refractivity contribution in [2.24, 2.45) is 0 Å². The highest BCUT2D eigenvalue weighted by atomic mass is 35.5. The number of aromatic nitrogens is 3. The van der Waals surface area contributed by atoms with Gasteiger partial charge in [0.25, 0.3) is 5.91 Å². The molecule has 1 aliphatic carbocycles. The van der Waals surface area contributed by atoms with Gasteiger partial charge >= 0.3 is 6.18 Å². The Balaban J connectivity index is 0.00000256. The molecule has 4 rings (SSSR count). The number of aryl methyl sites for hydroxylation is 1. The van der Waals surface area contributed by atoms with Crippen LogP contribution >= 0.6 is 12.4 Å². The predicted molar refractivity (Wildman–Crippen MR) is 109 cm³/mol. The minimum absolute atomic E-state index is 0. The number of carbonyl (C=O) groups is 1. The monoisotopic (exact) mass is 436 g/mol. The molecule has 0 spiro atoms. The third-order valence-corrected chi connectivity index (χ3v) is 4.97. The van der Waals surface area contributed by atoms with Crippen LogP contribution in [0.2, 0.25) is 0 Å². The van der Waals surface area contributed by atoms with Gasteiger partial charge in [0.1, 0.15) is 0 Å². The largest absolute Gasteiger partial charge is 0.416 e. The molecule has 158 valence electrons. The van der Waals surface area contributed by atoms with Gasteiger partial charge < -0.3 is 5.32 Å². The van der Waals surface area contributed by atoms with Gasteiger partial charge in [-0.25, -0.2) is 0 Å². The lowest BCUT2D eigenvalue weighted by Gasteiger charge is -2.14. The summed E-state index contributed by atoms with van der Waals surface area (Å²) in [5.74, 6) is 0.169. The van der Waals surface area contributed by atoms with Gasteiger partial charge in [-0.2, -0.15) is 18.3 Å². The highest BCUT2D eigenvalue weighted by molar-refractivity contribution is 6.04. The molecule has 2 aromatic heterocycles. The number of pyridine rings is 1. The van der Waals surface area contributed by atoms with Crippen LogP contribution < -0.4 is 5.32 Å². The van der Waals surface area contributed by atoms with Crippen LogP contribution in [0.3, 0.4) is 0 Å². The average molecular weight is 437 g/mol. The van der Waals surface area contributed by atoms with Gasteiger partial charge in [0.05, 0.1) is 12.1 Å². The molecular formula is C21H20ClF3N4O. The summed E-state index contributed by atoms with van der Waals surface area (Å²) in [6, 6.07) is 7.70. The zero-order chi connectivity index (χ0) is 20.6. The minimum atomic E-state index is -4.43. The van der Waals surface area contributed by atoms with Crippen molar-refractivity contribution in [2.75, 3.05) is 5.32 Å². The van der Waals surface area contributed by atoms with Crippen LogP contribution in [0.25, 0.3) is 0 Å². The van der Waals surface area contributed by atoms with Crippen molar-refractivity contribution in [2.45, 2.75) is 38.4 Å². The zero-order valence-electron chi connectivity index (χ0n) is 16.1. The van der Waals surface area contributed by atoms with Crippen molar-refractivity contribution in [3.63, 3.8) is 0 Å². The molecule has 1 saturated carbocycles. The van der Waals surface area contributed by atoms with Crippen LogP contribution in [-0.2, 0) is 12.7 Å². The molecule has 1 aliphatic rings. The highest BCUT2D eigenvalue weighted by Crippen LogP contribution is 2.42. The van der Waals surface area contributed by atoms with Crippen molar-refractivity contribution >= 4 is 24.1 Å². The van der Waals surface area contributed by atoms with Crippen molar-refractivity contribution in [3.8, 4) is 0 Å². The summed E-state index contributed by atoms with van der Waals surface area (Å²) in [7, 11) is 0. The van der Waals surface area contributed by atoms with E-state index in [1.54, 1.807) is 37.5 Å². The number of rotatable bonds is 5. The number of benzene rings is 1. The molecule has 0 radical (unpaired) electrons. The number of halogens is 4. The molecule has 0 aliphatic heterocycles. The molecular weight excluding hydrogens is 417 g/mol. The molecule has 2 heterocycles. The van der Waals surface area contributed by atoms with E-state index in [1.165, 1.54) is 23.0 Å². The van der Waals surface area contributed by atoms with E-state index in [0.29, 0.717) is 5.56 Å². The Morgan fingerprint density at radius 1 is 1.23 bits per heavy atom. The summed E-state index contributed by atoms with van der Waals surface area (Å²) in [5.41, 5.74) is 1.44. The summed E-state index contributed by atoms with van der Waals surface area (Å²) >= 11 is 0. The zero-order valence-corrected chi connectivity index (χ0v) is 16.9. The van der Waals surface area contributed by atoms with Gasteiger partial charge in [0.15, 0.2) is 5.82 Å². The fraction of sp³-hybridized carbons (Fsp3) is 0.286. The van der Waals surface area contributed by atoms with E-state index in [9.17, 15) is 18.0 Å². The number of nitrogens with one attached hydrogen (secondary N) is 1. The number of alkyl halides is 3. The van der Waals surface area contributed by atoms with Gasteiger partial charge in [-0.1, -0.05) is 12.1 Å². The molecule has 1 aromatic carbocycles. The normalized spacial score (nSPS) is 13.6. The maximum absolute atomic E-state index is 13.5. The molecule has 1 fully saturated rings. The van der Waals surface area contributed by atoms with Gasteiger partial charge in [-0.3, -0.25) is 14.5 Å². The van der Waals surface area contributed by atoms with Gasteiger partial charge in [-0.15, -0.1) is 12.4 Å². The molecule has 3 aromatic rings. The maximum atomic E-state index is 13.5. The number of anilines is 1. The standard InChI is InChI=1S/C21H19F3N4O.ClH/c1-13-11-25-8-6-17(13)20(29)26-19-7-9-28(27-19)12-16-5-4-15(14-2-3-14)10-18(16)21(22,23)24;/h4-11,14H,2-3,12H2,1H3,(H,26,27,29);1H. The van der Waals surface area contributed by atoms with Crippen LogP contribution in [0, 0.1) is 6.92 Å². The first-order chi connectivity index (χ1) is 13.8. The lowest BCUT2D eigenvalue weighted by molar-refractivity contribution is -0.138. The fourth-order valence-corrected chi connectivity index (χ4v) is 3.27. The highest BCUT2D eigenvalue weighted by Gasteiger charge is 2.35. The second kappa shape index (κ2) is 8.47. The quantitative estimate of drug-likeness (QED) is 0.597. The van der Waals surface area contributed by atoms with E-state index >= 15 is 0 Å². The van der Waals surface area contributed by atoms with Crippen molar-refractivity contribution in [1.29, 1.82) is 0 Å². The molecule has 0 atom stereocenters. The van der Waals surface area contributed by atoms with Crippen LogP contribution in [0.15, 0.2) is 48.9 Å². The molecule has 5 nitrogen and oxygen atoms in total. The fourth-order valence-electron chi connectivity index (χ4n) is 3.27. The van der Waals surface area contributed by atoms with Gasteiger partial charge in [0.2, 0.25) is 0 Å². The molecule has 1 N–H and O–H groups in total. The van der Waals surface area contributed by atoms with Gasteiger partial charge in [-0.05, 0) is 54.5 Å². The maximum Gasteiger partial charge on any atom is 0.416 e. The first-order valence-electron chi connectivity index (χ1n) is 9.26. The first kappa shape index (κ1) is 21.8. The van der Waals surface area contributed by atoms with Crippen molar-refractivity contribution < 1.29 is 18.0 Å². The van der Waals surface area contributed by atoms with Crippen LogP contribution in [0.4, 0.5) is 19.0 Å². The minimum Gasteiger partial charge on any atom is -0.305 e. The van der Waals surface area contributed by atoms with E-state index in [2.05, 4.69) is 15.4 Å². The smallest absolute Gasteiger partial charge is 0.305 e. The lowest BCUT2D eigenvalue weighted by atomic mass is 10.0. The molecule has 0 unspecified atom stereocenters. The Bertz CT molecular complexity index is 1060. The molecule has 1 amide bonds. The summed E-state index contributed by atoms with van der Waals surface area (Å²) in [4.78, 5) is 16.3. The van der Waals surface area contributed by atoms with E-state index in [1.807, 2.05) is 0 Å². The summed E-state index contributed by atoms with van der Waals surface area (Å²) < 4.78 is 42.0. The van der Waals surface area contributed by atoms with E-state index in [0.717, 1.165) is 24.0 Å². The third kappa shape index (κ3) is 4.81. The van der Waals surface area contributed by atoms with Crippen molar-refractivity contribution in [1.82, 2.24) is 14.8 Å². The SMILES string of the molecule is Cc1cnccc1C(=O)Nc1ccn(Cc2ccc(C3CC3)cc2C(F)(F)F)n1.Cl.